The Morgan fingerprint density at radius 3 is 3.12 bits per heavy atom. The lowest BCUT2D eigenvalue weighted by molar-refractivity contribution is -0.894. The van der Waals surface area contributed by atoms with Gasteiger partial charge in [0.25, 0.3) is 5.91 Å². The number of carbonyl (C=O) groups excluding carboxylic acids is 2. The number of nitrogens with zero attached hydrogens (tertiary/aromatic N) is 3. The van der Waals surface area contributed by atoms with E-state index in [1.165, 1.54) is 10.9 Å². The van der Waals surface area contributed by atoms with Crippen molar-refractivity contribution in [3.8, 4) is 0 Å². The van der Waals surface area contributed by atoms with Gasteiger partial charge in [0.2, 0.25) is 0 Å². The highest BCUT2D eigenvalue weighted by Gasteiger charge is 2.19. The van der Waals surface area contributed by atoms with Crippen LogP contribution in [0.15, 0.2) is 6.20 Å². The number of carboxylic acids is 1. The van der Waals surface area contributed by atoms with Crippen LogP contribution in [0.4, 0.5) is 0 Å². The van der Waals surface area contributed by atoms with Crippen molar-refractivity contribution in [1.82, 2.24) is 20.3 Å². The Bertz CT molecular complexity index is 430. The minimum atomic E-state index is -1.33. The molecule has 0 saturated carbocycles. The van der Waals surface area contributed by atoms with Crippen LogP contribution in [0.25, 0.3) is 0 Å². The van der Waals surface area contributed by atoms with Gasteiger partial charge in [-0.25, -0.2) is 4.68 Å². The molecule has 1 fully saturated rings. The highest BCUT2D eigenvalue weighted by atomic mass is 16.4. The standard InChI is InChI=1S/C9H13N5O3/c15-8-6-13(2-1-10-8)3-4-14-5-7(9(16)17)11-12-14/h5H,1-4,6H2,(H,10,15)(H,16,17). The smallest absolute Gasteiger partial charge is 0.275 e. The Hall–Kier alpha value is -1.96. The van der Waals surface area contributed by atoms with Crippen LogP contribution in [0.3, 0.4) is 0 Å². The largest absolute Gasteiger partial charge is 0.543 e. The first-order valence-electron chi connectivity index (χ1n) is 5.37. The number of nitrogens with one attached hydrogen (secondary N) is 2. The highest BCUT2D eigenvalue weighted by molar-refractivity contribution is 5.82. The van der Waals surface area contributed by atoms with Gasteiger partial charge in [-0.05, 0) is 0 Å². The Kier molecular flexibility index (Phi) is 3.33. The zero-order chi connectivity index (χ0) is 12.3. The molecule has 1 unspecified atom stereocenters. The number of aromatic nitrogens is 3. The fourth-order valence-electron chi connectivity index (χ4n) is 1.74. The Balaban J connectivity index is 1.84. The van der Waals surface area contributed by atoms with Gasteiger partial charge < -0.3 is 20.1 Å². The van der Waals surface area contributed by atoms with Crippen LogP contribution in [-0.2, 0) is 11.3 Å². The summed E-state index contributed by atoms with van der Waals surface area (Å²) in [6.45, 7) is 3.23. The molecule has 2 rings (SSSR count). The van der Waals surface area contributed by atoms with Crippen LogP contribution >= 0.6 is 0 Å². The molecule has 17 heavy (non-hydrogen) atoms. The van der Waals surface area contributed by atoms with Gasteiger partial charge in [-0.1, -0.05) is 5.21 Å². The molecule has 8 heteroatoms. The molecule has 2 heterocycles. The molecule has 0 spiro atoms. The molecule has 0 aromatic carbocycles. The predicted molar refractivity (Wildman–Crippen MR) is 52.9 cm³/mol. The molecule has 2 N–H and O–H groups in total. The SMILES string of the molecule is O=C1C[NH+](CCn2cc(C(=O)[O-])nn2)CCN1. The molecule has 92 valence electrons. The Labute approximate surface area is 97.2 Å². The summed E-state index contributed by atoms with van der Waals surface area (Å²) < 4.78 is 1.45. The number of quaternary nitrogens is 1. The van der Waals surface area contributed by atoms with E-state index in [9.17, 15) is 14.7 Å². The second-order valence-corrected chi connectivity index (χ2v) is 3.93. The first kappa shape index (κ1) is 11.5. The minimum Gasteiger partial charge on any atom is -0.543 e. The van der Waals surface area contributed by atoms with E-state index in [1.54, 1.807) is 0 Å². The summed E-state index contributed by atoms with van der Waals surface area (Å²) in [5, 5.41) is 20.4. The second-order valence-electron chi connectivity index (χ2n) is 3.93. The number of hydrogen-bond donors (Lipinski definition) is 2. The number of piperazine rings is 1. The molecular formula is C9H13N5O3. The van der Waals surface area contributed by atoms with E-state index < -0.39 is 5.97 Å². The van der Waals surface area contributed by atoms with Crippen molar-refractivity contribution >= 4 is 11.9 Å². The molecule has 0 bridgehead atoms. The fraction of sp³-hybridized carbons (Fsp3) is 0.556. The quantitative estimate of drug-likeness (QED) is 0.552. The van der Waals surface area contributed by atoms with Gasteiger partial charge in [0.05, 0.1) is 38.3 Å². The number of carboxylic acid groups (broad SMARTS) is 1. The van der Waals surface area contributed by atoms with E-state index in [4.69, 9.17) is 0 Å². The summed E-state index contributed by atoms with van der Waals surface area (Å²) >= 11 is 0. The van der Waals surface area contributed by atoms with Gasteiger partial charge in [0, 0.05) is 0 Å². The molecule has 1 saturated heterocycles. The molecule has 1 atom stereocenters. The molecule has 8 nitrogen and oxygen atoms in total. The van der Waals surface area contributed by atoms with Gasteiger partial charge in [-0.2, -0.15) is 0 Å². The lowest BCUT2D eigenvalue weighted by Crippen LogP contribution is -3.15. The lowest BCUT2D eigenvalue weighted by atomic mass is 10.3. The first-order valence-corrected chi connectivity index (χ1v) is 5.37. The van der Waals surface area contributed by atoms with Crippen molar-refractivity contribution < 1.29 is 19.6 Å². The van der Waals surface area contributed by atoms with Crippen molar-refractivity contribution in [3.63, 3.8) is 0 Å². The Morgan fingerprint density at radius 1 is 1.65 bits per heavy atom. The van der Waals surface area contributed by atoms with Crippen LogP contribution < -0.4 is 15.3 Å². The summed E-state index contributed by atoms with van der Waals surface area (Å²) in [6, 6.07) is 0. The number of aromatic carboxylic acids is 1. The summed E-state index contributed by atoms with van der Waals surface area (Å²) in [4.78, 5) is 22.8. The van der Waals surface area contributed by atoms with Gasteiger partial charge in [-0.15, -0.1) is 5.10 Å². The zero-order valence-corrected chi connectivity index (χ0v) is 9.18. The maximum absolute atomic E-state index is 11.1. The molecule has 1 amide bonds. The van der Waals surface area contributed by atoms with Gasteiger partial charge in [0.1, 0.15) is 5.69 Å². The normalized spacial score (nSPS) is 20.0. The zero-order valence-electron chi connectivity index (χ0n) is 9.18. The second kappa shape index (κ2) is 4.91. The average molecular weight is 239 g/mol. The van der Waals surface area contributed by atoms with Crippen LogP contribution in [0, 0.1) is 0 Å². The summed E-state index contributed by atoms with van der Waals surface area (Å²) in [5.74, 6) is -1.29. The van der Waals surface area contributed by atoms with E-state index in [1.807, 2.05) is 0 Å². The van der Waals surface area contributed by atoms with Crippen molar-refractivity contribution in [2.24, 2.45) is 0 Å². The van der Waals surface area contributed by atoms with E-state index in [0.29, 0.717) is 26.2 Å². The van der Waals surface area contributed by atoms with Crippen LogP contribution in [0.5, 0.6) is 0 Å². The van der Waals surface area contributed by atoms with Crippen LogP contribution in [-0.4, -0.2) is 53.0 Å². The minimum absolute atomic E-state index is 0.0419. The topological polar surface area (TPSA) is 104 Å². The third kappa shape index (κ3) is 3.00. The number of amides is 1. The first-order chi connectivity index (χ1) is 8.15. The van der Waals surface area contributed by atoms with Crippen LogP contribution in [0.2, 0.25) is 0 Å². The third-order valence-electron chi connectivity index (χ3n) is 2.65. The molecule has 0 aliphatic carbocycles. The van der Waals surface area contributed by atoms with E-state index in [2.05, 4.69) is 15.6 Å². The molecule has 1 aliphatic rings. The average Bonchev–Trinajstić information content (AvgIpc) is 2.75. The molecule has 0 radical (unpaired) electrons. The lowest BCUT2D eigenvalue weighted by Gasteiger charge is -2.23. The maximum Gasteiger partial charge on any atom is 0.275 e. The van der Waals surface area contributed by atoms with Gasteiger partial charge in [0.15, 0.2) is 6.54 Å². The summed E-state index contributed by atoms with van der Waals surface area (Å²) in [6.07, 6.45) is 1.33. The predicted octanol–water partition coefficient (Wildman–Crippen LogP) is -4.34. The van der Waals surface area contributed by atoms with E-state index in [-0.39, 0.29) is 11.6 Å². The van der Waals surface area contributed by atoms with Crippen molar-refractivity contribution in [2.75, 3.05) is 26.2 Å². The van der Waals surface area contributed by atoms with Gasteiger partial charge in [-0.3, -0.25) is 4.79 Å². The third-order valence-corrected chi connectivity index (χ3v) is 2.65. The molecule has 1 aromatic rings. The fourth-order valence-corrected chi connectivity index (χ4v) is 1.74. The number of rotatable bonds is 4. The molecule has 1 aromatic heterocycles. The van der Waals surface area contributed by atoms with Gasteiger partial charge >= 0.3 is 0 Å². The van der Waals surface area contributed by atoms with Crippen molar-refractivity contribution in [3.05, 3.63) is 11.9 Å². The molecular weight excluding hydrogens is 226 g/mol. The summed E-state index contributed by atoms with van der Waals surface area (Å²) in [7, 11) is 0. The van der Waals surface area contributed by atoms with Crippen molar-refractivity contribution in [2.45, 2.75) is 6.54 Å². The summed E-state index contributed by atoms with van der Waals surface area (Å²) in [5.41, 5.74) is -0.170. The number of carbonyl (C=O) groups is 2. The maximum atomic E-state index is 11.1. The van der Waals surface area contributed by atoms with E-state index >= 15 is 0 Å². The highest BCUT2D eigenvalue weighted by Crippen LogP contribution is 1.89. The van der Waals surface area contributed by atoms with E-state index in [0.717, 1.165) is 11.4 Å². The Morgan fingerprint density at radius 2 is 2.47 bits per heavy atom. The molecule has 1 aliphatic heterocycles. The van der Waals surface area contributed by atoms with Crippen LogP contribution in [0.1, 0.15) is 10.5 Å². The van der Waals surface area contributed by atoms with Crippen molar-refractivity contribution in [1.29, 1.82) is 0 Å². The number of hydrogen-bond acceptors (Lipinski definition) is 5. The monoisotopic (exact) mass is 239 g/mol.